The molecule has 0 aliphatic carbocycles. The summed E-state index contributed by atoms with van der Waals surface area (Å²) in [5.74, 6) is -1.59. The molecule has 2 N–H and O–H groups in total. The predicted octanol–water partition coefficient (Wildman–Crippen LogP) is 4.28. The van der Waals surface area contributed by atoms with Crippen LogP contribution in [0, 0.1) is 13.8 Å². The summed E-state index contributed by atoms with van der Waals surface area (Å²) < 4.78 is 3.08. The Balaban J connectivity index is 1.61. The van der Waals surface area contributed by atoms with Gasteiger partial charge in [-0.15, -0.1) is 0 Å². The Morgan fingerprint density at radius 1 is 1.10 bits per heavy atom. The Bertz CT molecular complexity index is 1110. The van der Waals surface area contributed by atoms with Gasteiger partial charge >= 0.3 is 11.8 Å². The smallest absolute Gasteiger partial charge is 0.329 e. The van der Waals surface area contributed by atoms with E-state index in [1.54, 1.807) is 24.3 Å². The molecule has 0 radical (unpaired) electrons. The van der Waals surface area contributed by atoms with E-state index in [4.69, 9.17) is 11.6 Å². The summed E-state index contributed by atoms with van der Waals surface area (Å²) in [6.45, 7) is 4.19. The molecule has 6 nitrogen and oxygen atoms in total. The standard InChI is InChI=1S/C22H20BrClN4O2/c1-14-10-17(15(2)28(14)20-5-3-4-18(23)11-20)13-26-27-22(30)21(29)25-12-16-6-8-19(24)9-7-16/h3-11,13H,12H2,1-2H3,(H,25,29)(H,27,30)/b26-13-. The van der Waals surface area contributed by atoms with Crippen LogP contribution in [-0.4, -0.2) is 22.6 Å². The molecular weight excluding hydrogens is 468 g/mol. The number of benzene rings is 2. The van der Waals surface area contributed by atoms with Gasteiger partial charge in [0.05, 0.1) is 6.21 Å². The highest BCUT2D eigenvalue weighted by Crippen LogP contribution is 2.22. The summed E-state index contributed by atoms with van der Waals surface area (Å²) >= 11 is 9.31. The molecule has 1 heterocycles. The first-order valence-electron chi connectivity index (χ1n) is 9.15. The molecule has 0 bridgehead atoms. The fraction of sp³-hybridized carbons (Fsp3) is 0.136. The van der Waals surface area contributed by atoms with Crippen molar-refractivity contribution in [3.05, 3.63) is 86.6 Å². The van der Waals surface area contributed by atoms with Crippen molar-refractivity contribution < 1.29 is 9.59 Å². The van der Waals surface area contributed by atoms with Gasteiger partial charge in [0.25, 0.3) is 0 Å². The number of hydrogen-bond acceptors (Lipinski definition) is 3. The maximum absolute atomic E-state index is 12.0. The zero-order valence-corrected chi connectivity index (χ0v) is 18.8. The van der Waals surface area contributed by atoms with Crippen LogP contribution in [0.5, 0.6) is 0 Å². The lowest BCUT2D eigenvalue weighted by molar-refractivity contribution is -0.139. The van der Waals surface area contributed by atoms with E-state index in [1.165, 1.54) is 6.21 Å². The number of carbonyl (C=O) groups is 2. The van der Waals surface area contributed by atoms with Gasteiger partial charge < -0.3 is 9.88 Å². The van der Waals surface area contributed by atoms with Crippen LogP contribution in [0.1, 0.15) is 22.5 Å². The van der Waals surface area contributed by atoms with Crippen molar-refractivity contribution in [2.45, 2.75) is 20.4 Å². The molecule has 0 saturated carbocycles. The molecule has 0 fully saturated rings. The first-order chi connectivity index (χ1) is 14.3. The number of aromatic nitrogens is 1. The van der Waals surface area contributed by atoms with Crippen molar-refractivity contribution in [3.63, 3.8) is 0 Å². The average molecular weight is 488 g/mol. The lowest BCUT2D eigenvalue weighted by atomic mass is 10.2. The number of hydrazone groups is 1. The molecule has 2 aromatic carbocycles. The summed E-state index contributed by atoms with van der Waals surface area (Å²) in [4.78, 5) is 23.9. The van der Waals surface area contributed by atoms with E-state index in [1.807, 2.05) is 44.2 Å². The van der Waals surface area contributed by atoms with E-state index in [-0.39, 0.29) is 6.54 Å². The molecular formula is C22H20BrClN4O2. The second-order valence-corrected chi connectivity index (χ2v) is 8.00. The Kier molecular flexibility index (Phi) is 7.07. The van der Waals surface area contributed by atoms with Crippen LogP contribution in [0.4, 0.5) is 0 Å². The van der Waals surface area contributed by atoms with E-state index < -0.39 is 11.8 Å². The summed E-state index contributed by atoms with van der Waals surface area (Å²) in [6, 6.07) is 16.9. The Hall–Kier alpha value is -2.90. The van der Waals surface area contributed by atoms with Crippen LogP contribution in [0.15, 0.2) is 64.2 Å². The molecule has 3 rings (SSSR count). The van der Waals surface area contributed by atoms with Crippen molar-refractivity contribution in [3.8, 4) is 5.69 Å². The molecule has 154 valence electrons. The van der Waals surface area contributed by atoms with Crippen LogP contribution in [-0.2, 0) is 16.1 Å². The Labute approximate surface area is 188 Å². The number of carbonyl (C=O) groups excluding carboxylic acids is 2. The monoisotopic (exact) mass is 486 g/mol. The van der Waals surface area contributed by atoms with Crippen LogP contribution < -0.4 is 10.7 Å². The fourth-order valence-corrected chi connectivity index (χ4v) is 3.52. The quantitative estimate of drug-likeness (QED) is 0.320. The Morgan fingerprint density at radius 3 is 2.53 bits per heavy atom. The largest absolute Gasteiger partial charge is 0.344 e. The van der Waals surface area contributed by atoms with E-state index in [0.29, 0.717) is 5.02 Å². The second-order valence-electron chi connectivity index (χ2n) is 6.65. The van der Waals surface area contributed by atoms with Crippen molar-refractivity contribution in [2.75, 3.05) is 0 Å². The predicted molar refractivity (Wildman–Crippen MR) is 122 cm³/mol. The van der Waals surface area contributed by atoms with Crippen LogP contribution in [0.3, 0.4) is 0 Å². The van der Waals surface area contributed by atoms with Crippen LogP contribution >= 0.6 is 27.5 Å². The highest BCUT2D eigenvalue weighted by molar-refractivity contribution is 9.10. The summed E-state index contributed by atoms with van der Waals surface area (Å²) in [7, 11) is 0. The highest BCUT2D eigenvalue weighted by Gasteiger charge is 2.13. The van der Waals surface area contributed by atoms with Gasteiger partial charge in [-0.2, -0.15) is 5.10 Å². The first kappa shape index (κ1) is 21.8. The van der Waals surface area contributed by atoms with Gasteiger partial charge in [-0.05, 0) is 55.8 Å². The topological polar surface area (TPSA) is 75.5 Å². The normalized spacial score (nSPS) is 10.9. The molecule has 30 heavy (non-hydrogen) atoms. The van der Waals surface area contributed by atoms with E-state index in [2.05, 4.69) is 36.3 Å². The number of hydrogen-bond donors (Lipinski definition) is 2. The van der Waals surface area contributed by atoms with Crippen LogP contribution in [0.2, 0.25) is 5.02 Å². The molecule has 0 saturated heterocycles. The molecule has 3 aromatic rings. The van der Waals surface area contributed by atoms with Crippen molar-refractivity contribution >= 4 is 45.6 Å². The maximum atomic E-state index is 12.0. The minimum Gasteiger partial charge on any atom is -0.344 e. The summed E-state index contributed by atoms with van der Waals surface area (Å²) in [5, 5.41) is 7.08. The first-order valence-corrected chi connectivity index (χ1v) is 10.3. The highest BCUT2D eigenvalue weighted by atomic mass is 79.9. The van der Waals surface area contributed by atoms with E-state index in [0.717, 1.165) is 32.7 Å². The third-order valence-electron chi connectivity index (χ3n) is 4.48. The lowest BCUT2D eigenvalue weighted by Gasteiger charge is -2.09. The van der Waals surface area contributed by atoms with Crippen molar-refractivity contribution in [1.82, 2.24) is 15.3 Å². The number of rotatable bonds is 5. The molecule has 8 heteroatoms. The van der Waals surface area contributed by atoms with E-state index in [9.17, 15) is 9.59 Å². The molecule has 0 atom stereocenters. The third-order valence-corrected chi connectivity index (χ3v) is 5.22. The van der Waals surface area contributed by atoms with Crippen molar-refractivity contribution in [1.29, 1.82) is 0 Å². The van der Waals surface area contributed by atoms with Gasteiger partial charge in [0.1, 0.15) is 0 Å². The number of nitrogens with one attached hydrogen (secondary N) is 2. The molecule has 0 aliphatic rings. The molecule has 2 amide bonds. The van der Waals surface area contributed by atoms with E-state index >= 15 is 0 Å². The molecule has 0 aliphatic heterocycles. The number of nitrogens with zero attached hydrogens (tertiary/aromatic N) is 2. The average Bonchev–Trinajstić information content (AvgIpc) is 3.00. The molecule has 0 spiro atoms. The zero-order chi connectivity index (χ0) is 21.7. The second kappa shape index (κ2) is 9.73. The van der Waals surface area contributed by atoms with Gasteiger partial charge in [-0.3, -0.25) is 9.59 Å². The van der Waals surface area contributed by atoms with Gasteiger partial charge in [0.2, 0.25) is 0 Å². The maximum Gasteiger partial charge on any atom is 0.329 e. The SMILES string of the molecule is Cc1cc(/C=N\NC(=O)C(=O)NCc2ccc(Cl)cc2)c(C)n1-c1cccc(Br)c1. The lowest BCUT2D eigenvalue weighted by Crippen LogP contribution is -2.37. The number of amides is 2. The van der Waals surface area contributed by atoms with Gasteiger partial charge in [-0.1, -0.05) is 45.7 Å². The Morgan fingerprint density at radius 2 is 1.83 bits per heavy atom. The minimum absolute atomic E-state index is 0.223. The molecule has 0 unspecified atom stereocenters. The fourth-order valence-electron chi connectivity index (χ4n) is 3.01. The summed E-state index contributed by atoms with van der Waals surface area (Å²) in [5.41, 5.74) is 6.95. The third kappa shape index (κ3) is 5.37. The van der Waals surface area contributed by atoms with Crippen molar-refractivity contribution in [2.24, 2.45) is 5.10 Å². The van der Waals surface area contributed by atoms with Gasteiger partial charge in [-0.25, -0.2) is 5.43 Å². The zero-order valence-electron chi connectivity index (χ0n) is 16.4. The molecule has 1 aromatic heterocycles. The number of aryl methyl sites for hydroxylation is 1. The van der Waals surface area contributed by atoms with Gasteiger partial charge in [0.15, 0.2) is 0 Å². The van der Waals surface area contributed by atoms with Crippen LogP contribution in [0.25, 0.3) is 5.69 Å². The minimum atomic E-state index is -0.832. The van der Waals surface area contributed by atoms with Gasteiger partial charge in [0, 0.05) is 38.7 Å². The summed E-state index contributed by atoms with van der Waals surface area (Å²) in [6.07, 6.45) is 1.53. The number of halogens is 2.